The first kappa shape index (κ1) is 16.3. The molecule has 7 nitrogen and oxygen atoms in total. The second-order valence-corrected chi connectivity index (χ2v) is 5.72. The van der Waals surface area contributed by atoms with E-state index in [9.17, 15) is 13.2 Å². The number of sulfonamides is 1. The highest BCUT2D eigenvalue weighted by molar-refractivity contribution is 7.89. The SMILES string of the molecule is CCOC(=O)CNS(=O)(=O)c1cc(N)c(C)cc1OC. The molecule has 0 aromatic heterocycles. The summed E-state index contributed by atoms with van der Waals surface area (Å²) in [6.07, 6.45) is 0. The number of aryl methyl sites for hydroxylation is 1. The zero-order valence-electron chi connectivity index (χ0n) is 11.6. The highest BCUT2D eigenvalue weighted by atomic mass is 32.2. The van der Waals surface area contributed by atoms with E-state index in [-0.39, 0.29) is 17.3 Å². The summed E-state index contributed by atoms with van der Waals surface area (Å²) in [5.74, 6) is -0.497. The van der Waals surface area contributed by atoms with E-state index in [1.165, 1.54) is 19.2 Å². The molecule has 0 spiro atoms. The zero-order valence-corrected chi connectivity index (χ0v) is 12.4. The lowest BCUT2D eigenvalue weighted by molar-refractivity contribution is -0.141. The van der Waals surface area contributed by atoms with Crippen LogP contribution in [0.2, 0.25) is 0 Å². The summed E-state index contributed by atoms with van der Waals surface area (Å²) in [5.41, 5.74) is 6.73. The van der Waals surface area contributed by atoms with Crippen molar-refractivity contribution in [1.29, 1.82) is 0 Å². The Hall–Kier alpha value is -1.80. The van der Waals surface area contributed by atoms with Crippen molar-refractivity contribution >= 4 is 21.7 Å². The number of hydrogen-bond donors (Lipinski definition) is 2. The van der Waals surface area contributed by atoms with Gasteiger partial charge in [-0.2, -0.15) is 4.72 Å². The topological polar surface area (TPSA) is 108 Å². The number of esters is 1. The van der Waals surface area contributed by atoms with Crippen LogP contribution in [-0.4, -0.2) is 34.6 Å². The van der Waals surface area contributed by atoms with Gasteiger partial charge in [-0.1, -0.05) is 0 Å². The normalized spacial score (nSPS) is 11.2. The number of benzene rings is 1. The van der Waals surface area contributed by atoms with Crippen LogP contribution in [0.25, 0.3) is 0 Å². The van der Waals surface area contributed by atoms with E-state index in [4.69, 9.17) is 10.5 Å². The van der Waals surface area contributed by atoms with Crippen molar-refractivity contribution in [2.75, 3.05) is 26.0 Å². The lowest BCUT2D eigenvalue weighted by atomic mass is 10.2. The van der Waals surface area contributed by atoms with Crippen molar-refractivity contribution in [1.82, 2.24) is 4.72 Å². The van der Waals surface area contributed by atoms with E-state index in [1.54, 1.807) is 13.8 Å². The first-order chi connectivity index (χ1) is 9.31. The van der Waals surface area contributed by atoms with Crippen molar-refractivity contribution < 1.29 is 22.7 Å². The Balaban J connectivity index is 3.03. The lowest BCUT2D eigenvalue weighted by Gasteiger charge is -2.12. The van der Waals surface area contributed by atoms with Gasteiger partial charge in [0.25, 0.3) is 0 Å². The number of nitrogen functional groups attached to an aromatic ring is 1. The van der Waals surface area contributed by atoms with Gasteiger partial charge in [0.05, 0.1) is 13.7 Å². The van der Waals surface area contributed by atoms with Crippen molar-refractivity contribution in [3.63, 3.8) is 0 Å². The molecule has 0 atom stereocenters. The van der Waals surface area contributed by atoms with Crippen LogP contribution < -0.4 is 15.2 Å². The summed E-state index contributed by atoms with van der Waals surface area (Å²) in [6, 6.07) is 2.82. The smallest absolute Gasteiger partial charge is 0.321 e. The van der Waals surface area contributed by atoms with Gasteiger partial charge in [0.1, 0.15) is 17.2 Å². The molecule has 0 fully saturated rings. The fourth-order valence-corrected chi connectivity index (χ4v) is 2.64. The van der Waals surface area contributed by atoms with Crippen molar-refractivity contribution in [2.45, 2.75) is 18.7 Å². The Morgan fingerprint density at radius 1 is 1.40 bits per heavy atom. The van der Waals surface area contributed by atoms with Crippen LogP contribution in [0.15, 0.2) is 17.0 Å². The van der Waals surface area contributed by atoms with E-state index in [2.05, 4.69) is 9.46 Å². The van der Waals surface area contributed by atoms with Crippen LogP contribution >= 0.6 is 0 Å². The monoisotopic (exact) mass is 302 g/mol. The average molecular weight is 302 g/mol. The highest BCUT2D eigenvalue weighted by Crippen LogP contribution is 2.28. The number of anilines is 1. The predicted molar refractivity (Wildman–Crippen MR) is 74.0 cm³/mol. The third kappa shape index (κ3) is 3.84. The number of rotatable bonds is 6. The Bertz CT molecular complexity index is 598. The van der Waals surface area contributed by atoms with Gasteiger partial charge in [0, 0.05) is 5.69 Å². The van der Waals surface area contributed by atoms with Gasteiger partial charge >= 0.3 is 5.97 Å². The predicted octanol–water partition coefficient (Wildman–Crippen LogP) is 0.427. The summed E-state index contributed by atoms with van der Waals surface area (Å²) in [6.45, 7) is 3.10. The number of hydrogen-bond acceptors (Lipinski definition) is 6. The molecule has 0 saturated heterocycles. The summed E-state index contributed by atoms with van der Waals surface area (Å²) < 4.78 is 36.1. The maximum atomic E-state index is 12.1. The summed E-state index contributed by atoms with van der Waals surface area (Å²) in [7, 11) is -2.56. The van der Waals surface area contributed by atoms with Crippen molar-refractivity contribution in [2.24, 2.45) is 0 Å². The molecular formula is C12H18N2O5S. The highest BCUT2D eigenvalue weighted by Gasteiger charge is 2.21. The van der Waals surface area contributed by atoms with Gasteiger partial charge in [-0.15, -0.1) is 0 Å². The quantitative estimate of drug-likeness (QED) is 0.582. The summed E-state index contributed by atoms with van der Waals surface area (Å²) in [4.78, 5) is 11.1. The molecule has 1 aromatic carbocycles. The minimum absolute atomic E-state index is 0.118. The molecule has 0 unspecified atom stereocenters. The molecule has 1 rings (SSSR count). The van der Waals surface area contributed by atoms with Gasteiger partial charge in [-0.25, -0.2) is 8.42 Å². The van der Waals surface area contributed by atoms with E-state index in [0.29, 0.717) is 11.3 Å². The molecule has 8 heteroatoms. The molecule has 0 aliphatic heterocycles. The molecule has 0 bridgehead atoms. The third-order valence-electron chi connectivity index (χ3n) is 2.55. The number of ether oxygens (including phenoxy) is 2. The Labute approximate surface area is 118 Å². The minimum atomic E-state index is -3.91. The summed E-state index contributed by atoms with van der Waals surface area (Å²) >= 11 is 0. The van der Waals surface area contributed by atoms with Gasteiger partial charge in [0.2, 0.25) is 10.0 Å². The number of carbonyl (C=O) groups excluding carboxylic acids is 1. The molecule has 0 aliphatic carbocycles. The number of methoxy groups -OCH3 is 1. The van der Waals surface area contributed by atoms with Crippen LogP contribution in [0, 0.1) is 6.92 Å². The fraction of sp³-hybridized carbons (Fsp3) is 0.417. The Morgan fingerprint density at radius 2 is 2.05 bits per heavy atom. The fourth-order valence-electron chi connectivity index (χ4n) is 1.49. The van der Waals surface area contributed by atoms with E-state index >= 15 is 0 Å². The van der Waals surface area contributed by atoms with Crippen LogP contribution in [0.5, 0.6) is 5.75 Å². The largest absolute Gasteiger partial charge is 0.495 e. The average Bonchev–Trinajstić information content (AvgIpc) is 2.39. The number of carbonyl (C=O) groups is 1. The molecule has 0 radical (unpaired) electrons. The maximum Gasteiger partial charge on any atom is 0.321 e. The lowest BCUT2D eigenvalue weighted by Crippen LogP contribution is -2.31. The third-order valence-corrected chi connectivity index (χ3v) is 3.98. The maximum absolute atomic E-state index is 12.1. The molecule has 3 N–H and O–H groups in total. The van der Waals surface area contributed by atoms with Crippen LogP contribution in [0.3, 0.4) is 0 Å². The Kier molecular flexibility index (Phi) is 5.34. The minimum Gasteiger partial charge on any atom is -0.495 e. The molecule has 0 heterocycles. The van der Waals surface area contributed by atoms with Crippen molar-refractivity contribution in [3.05, 3.63) is 17.7 Å². The number of nitrogens with one attached hydrogen (secondary N) is 1. The zero-order chi connectivity index (χ0) is 15.3. The van der Waals surface area contributed by atoms with Gasteiger partial charge in [-0.05, 0) is 31.5 Å². The first-order valence-electron chi connectivity index (χ1n) is 5.91. The van der Waals surface area contributed by atoms with Crippen LogP contribution in [-0.2, 0) is 19.6 Å². The number of nitrogens with two attached hydrogens (primary N) is 1. The molecule has 1 aromatic rings. The van der Waals surface area contributed by atoms with E-state index in [0.717, 1.165) is 0 Å². The van der Waals surface area contributed by atoms with Gasteiger partial charge < -0.3 is 15.2 Å². The second-order valence-electron chi connectivity index (χ2n) is 3.99. The van der Waals surface area contributed by atoms with Gasteiger partial charge in [0.15, 0.2) is 0 Å². The molecule has 20 heavy (non-hydrogen) atoms. The standard InChI is InChI=1S/C12H18N2O5S/c1-4-19-12(15)7-14-20(16,17)11-6-9(13)8(2)5-10(11)18-3/h5-6,14H,4,7,13H2,1-3H3. The summed E-state index contributed by atoms with van der Waals surface area (Å²) in [5, 5.41) is 0. The second kappa shape index (κ2) is 6.58. The molecule has 0 saturated carbocycles. The molecule has 0 aliphatic rings. The van der Waals surface area contributed by atoms with Crippen molar-refractivity contribution in [3.8, 4) is 5.75 Å². The molecular weight excluding hydrogens is 284 g/mol. The first-order valence-corrected chi connectivity index (χ1v) is 7.39. The van der Waals surface area contributed by atoms with Crippen LogP contribution in [0.1, 0.15) is 12.5 Å². The van der Waals surface area contributed by atoms with Crippen LogP contribution in [0.4, 0.5) is 5.69 Å². The van der Waals surface area contributed by atoms with Gasteiger partial charge in [-0.3, -0.25) is 4.79 Å². The Morgan fingerprint density at radius 3 is 2.60 bits per heavy atom. The van der Waals surface area contributed by atoms with E-state index < -0.39 is 22.5 Å². The molecule has 112 valence electrons. The molecule has 0 amide bonds. The van der Waals surface area contributed by atoms with E-state index in [1.807, 2.05) is 0 Å².